The summed E-state index contributed by atoms with van der Waals surface area (Å²) in [6.45, 7) is 0.910. The van der Waals surface area contributed by atoms with E-state index in [4.69, 9.17) is 10.5 Å². The summed E-state index contributed by atoms with van der Waals surface area (Å²) < 4.78 is 5.26. The standard InChI is InChI=1S/C27H28N2O3/c1-32-23-13-7-12-21(17-23)25(30)29-16-8-15-27(19-29,26(28)31)18-22-11-5-6-14-24(22)20-9-3-2-4-10-20/h2-7,9-14,17H,8,15-16,18-19H2,1H3,(H2,28,31)/t27-/m0/s1. The van der Waals surface area contributed by atoms with Crippen LogP contribution in [0, 0.1) is 5.41 Å². The quantitative estimate of drug-likeness (QED) is 0.636. The minimum Gasteiger partial charge on any atom is -0.497 e. The molecule has 0 spiro atoms. The number of amides is 2. The van der Waals surface area contributed by atoms with E-state index < -0.39 is 5.41 Å². The van der Waals surface area contributed by atoms with Crippen molar-refractivity contribution in [1.29, 1.82) is 0 Å². The third-order valence-corrected chi connectivity index (χ3v) is 6.33. The van der Waals surface area contributed by atoms with Crippen LogP contribution in [0.3, 0.4) is 0 Å². The molecule has 5 nitrogen and oxygen atoms in total. The van der Waals surface area contributed by atoms with Gasteiger partial charge in [0.15, 0.2) is 0 Å². The smallest absolute Gasteiger partial charge is 0.254 e. The fourth-order valence-corrected chi connectivity index (χ4v) is 4.61. The third kappa shape index (κ3) is 4.37. The van der Waals surface area contributed by atoms with Gasteiger partial charge in [-0.25, -0.2) is 0 Å². The normalized spacial score (nSPS) is 18.2. The second-order valence-electron chi connectivity index (χ2n) is 8.41. The Bertz CT molecular complexity index is 1110. The number of piperidine rings is 1. The monoisotopic (exact) mass is 428 g/mol. The molecule has 164 valence electrons. The van der Waals surface area contributed by atoms with Crippen molar-refractivity contribution in [2.75, 3.05) is 20.2 Å². The summed E-state index contributed by atoms with van der Waals surface area (Å²) >= 11 is 0. The number of likely N-dealkylation sites (tertiary alicyclic amines) is 1. The van der Waals surface area contributed by atoms with Crippen LogP contribution < -0.4 is 10.5 Å². The molecular weight excluding hydrogens is 400 g/mol. The number of ether oxygens (including phenoxy) is 1. The van der Waals surface area contributed by atoms with Crippen LogP contribution in [0.5, 0.6) is 5.75 Å². The van der Waals surface area contributed by atoms with E-state index in [0.717, 1.165) is 23.1 Å². The maximum absolute atomic E-state index is 13.2. The van der Waals surface area contributed by atoms with Crippen LogP contribution in [0.1, 0.15) is 28.8 Å². The first-order valence-corrected chi connectivity index (χ1v) is 10.9. The lowest BCUT2D eigenvalue weighted by Gasteiger charge is -2.41. The van der Waals surface area contributed by atoms with Crippen molar-refractivity contribution in [1.82, 2.24) is 4.90 Å². The van der Waals surface area contributed by atoms with E-state index in [1.807, 2.05) is 30.3 Å². The number of carbonyl (C=O) groups excluding carboxylic acids is 2. The highest BCUT2D eigenvalue weighted by Crippen LogP contribution is 2.37. The summed E-state index contributed by atoms with van der Waals surface area (Å²) in [5, 5.41) is 0. The van der Waals surface area contributed by atoms with E-state index in [-0.39, 0.29) is 11.8 Å². The van der Waals surface area contributed by atoms with Crippen molar-refractivity contribution in [3.05, 3.63) is 90.0 Å². The third-order valence-electron chi connectivity index (χ3n) is 6.33. The van der Waals surface area contributed by atoms with Crippen LogP contribution >= 0.6 is 0 Å². The van der Waals surface area contributed by atoms with Gasteiger partial charge in [-0.1, -0.05) is 60.7 Å². The Kier molecular flexibility index (Phi) is 6.26. The highest BCUT2D eigenvalue weighted by Gasteiger charge is 2.42. The van der Waals surface area contributed by atoms with Crippen molar-refractivity contribution in [2.45, 2.75) is 19.3 Å². The first kappa shape index (κ1) is 21.6. The molecule has 5 heteroatoms. The van der Waals surface area contributed by atoms with Crippen molar-refractivity contribution < 1.29 is 14.3 Å². The maximum atomic E-state index is 13.2. The summed E-state index contributed by atoms with van der Waals surface area (Å²) in [5.41, 5.74) is 8.98. The summed E-state index contributed by atoms with van der Waals surface area (Å²) in [6.07, 6.45) is 1.88. The summed E-state index contributed by atoms with van der Waals surface area (Å²) in [6, 6.07) is 25.3. The SMILES string of the molecule is COc1cccc(C(=O)N2CCC[C@@](Cc3ccccc3-c3ccccc3)(C(N)=O)C2)c1. The number of primary amides is 1. The van der Waals surface area contributed by atoms with Crippen LogP contribution in [-0.4, -0.2) is 36.9 Å². The van der Waals surface area contributed by atoms with Gasteiger partial charge in [-0.05, 0) is 54.2 Å². The predicted molar refractivity (Wildman–Crippen MR) is 125 cm³/mol. The Morgan fingerprint density at radius 1 is 1.00 bits per heavy atom. The zero-order valence-corrected chi connectivity index (χ0v) is 18.3. The highest BCUT2D eigenvalue weighted by molar-refractivity contribution is 5.95. The van der Waals surface area contributed by atoms with Crippen LogP contribution in [0.4, 0.5) is 0 Å². The van der Waals surface area contributed by atoms with Gasteiger partial charge in [-0.15, -0.1) is 0 Å². The molecule has 0 aliphatic carbocycles. The van der Waals surface area contributed by atoms with Gasteiger partial charge in [0, 0.05) is 18.7 Å². The van der Waals surface area contributed by atoms with Gasteiger partial charge in [-0.2, -0.15) is 0 Å². The molecule has 1 aliphatic heterocycles. The minimum atomic E-state index is -0.808. The van der Waals surface area contributed by atoms with Gasteiger partial charge >= 0.3 is 0 Å². The fourth-order valence-electron chi connectivity index (χ4n) is 4.61. The van der Waals surface area contributed by atoms with E-state index >= 15 is 0 Å². The van der Waals surface area contributed by atoms with Crippen molar-refractivity contribution in [3.8, 4) is 16.9 Å². The van der Waals surface area contributed by atoms with Gasteiger partial charge in [-0.3, -0.25) is 9.59 Å². The lowest BCUT2D eigenvalue weighted by Crippen LogP contribution is -2.53. The molecule has 2 amide bonds. The molecule has 32 heavy (non-hydrogen) atoms. The lowest BCUT2D eigenvalue weighted by atomic mass is 9.73. The molecule has 0 unspecified atom stereocenters. The number of benzene rings is 3. The lowest BCUT2D eigenvalue weighted by molar-refractivity contribution is -0.130. The van der Waals surface area contributed by atoms with Gasteiger partial charge in [0.05, 0.1) is 12.5 Å². The second kappa shape index (κ2) is 9.27. The average molecular weight is 429 g/mol. The first-order chi connectivity index (χ1) is 15.5. The molecule has 0 aromatic heterocycles. The largest absolute Gasteiger partial charge is 0.497 e. The van der Waals surface area contributed by atoms with Gasteiger partial charge in [0.2, 0.25) is 5.91 Å². The number of hydrogen-bond donors (Lipinski definition) is 1. The molecular formula is C27H28N2O3. The summed E-state index contributed by atoms with van der Waals surface area (Å²) in [4.78, 5) is 27.8. The summed E-state index contributed by atoms with van der Waals surface area (Å²) in [5.74, 6) is 0.167. The molecule has 0 bridgehead atoms. The number of nitrogens with zero attached hydrogens (tertiary/aromatic N) is 1. The Hall–Kier alpha value is -3.60. The van der Waals surface area contributed by atoms with Crippen LogP contribution in [0.25, 0.3) is 11.1 Å². The van der Waals surface area contributed by atoms with E-state index in [9.17, 15) is 9.59 Å². The molecule has 2 N–H and O–H groups in total. The van der Waals surface area contributed by atoms with Crippen LogP contribution in [0.15, 0.2) is 78.9 Å². The molecule has 1 heterocycles. The molecule has 1 saturated heterocycles. The van der Waals surface area contributed by atoms with E-state index in [2.05, 4.69) is 24.3 Å². The number of carbonyl (C=O) groups is 2. The summed E-state index contributed by atoms with van der Waals surface area (Å²) in [7, 11) is 1.58. The van der Waals surface area contributed by atoms with Gasteiger partial charge in [0.1, 0.15) is 5.75 Å². The second-order valence-corrected chi connectivity index (χ2v) is 8.41. The number of nitrogens with two attached hydrogens (primary N) is 1. The van der Waals surface area contributed by atoms with E-state index in [1.165, 1.54) is 0 Å². The Balaban J connectivity index is 1.63. The highest BCUT2D eigenvalue weighted by atomic mass is 16.5. The van der Waals surface area contributed by atoms with Crippen LogP contribution in [0.2, 0.25) is 0 Å². The number of rotatable bonds is 6. The zero-order chi connectivity index (χ0) is 22.6. The zero-order valence-electron chi connectivity index (χ0n) is 18.3. The van der Waals surface area contributed by atoms with Gasteiger partial charge in [0.25, 0.3) is 5.91 Å². The molecule has 1 atom stereocenters. The van der Waals surface area contributed by atoms with Crippen molar-refractivity contribution in [3.63, 3.8) is 0 Å². The number of methoxy groups -OCH3 is 1. The van der Waals surface area contributed by atoms with E-state index in [0.29, 0.717) is 37.2 Å². The first-order valence-electron chi connectivity index (χ1n) is 10.9. The minimum absolute atomic E-state index is 0.106. The molecule has 3 aromatic rings. The Morgan fingerprint density at radius 3 is 2.50 bits per heavy atom. The predicted octanol–water partition coefficient (Wildman–Crippen LogP) is 4.31. The molecule has 1 fully saturated rings. The molecule has 3 aromatic carbocycles. The molecule has 0 saturated carbocycles. The fraction of sp³-hybridized carbons (Fsp3) is 0.259. The van der Waals surface area contributed by atoms with E-state index in [1.54, 1.807) is 36.3 Å². The van der Waals surface area contributed by atoms with Crippen molar-refractivity contribution >= 4 is 11.8 Å². The van der Waals surface area contributed by atoms with Gasteiger partial charge < -0.3 is 15.4 Å². The average Bonchev–Trinajstić information content (AvgIpc) is 2.84. The van der Waals surface area contributed by atoms with Crippen molar-refractivity contribution in [2.24, 2.45) is 11.1 Å². The topological polar surface area (TPSA) is 72.6 Å². The molecule has 4 rings (SSSR count). The maximum Gasteiger partial charge on any atom is 0.254 e. The Morgan fingerprint density at radius 2 is 1.75 bits per heavy atom. The number of hydrogen-bond acceptors (Lipinski definition) is 3. The van der Waals surface area contributed by atoms with Crippen LogP contribution in [-0.2, 0) is 11.2 Å². The molecule has 1 aliphatic rings. The Labute approximate surface area is 188 Å². The molecule has 0 radical (unpaired) electrons.